The van der Waals surface area contributed by atoms with Crippen LogP contribution in [-0.4, -0.2) is 27.9 Å². The van der Waals surface area contributed by atoms with Crippen molar-refractivity contribution in [1.29, 1.82) is 0 Å². The molecule has 4 nitrogen and oxygen atoms in total. The quantitative estimate of drug-likeness (QED) is 0.421. The van der Waals surface area contributed by atoms with Crippen LogP contribution in [0.1, 0.15) is 19.3 Å². The van der Waals surface area contributed by atoms with Crippen LogP contribution in [0.25, 0.3) is 0 Å². The maximum atomic E-state index is 11.3. The number of likely N-dealkylation sites (tertiary alicyclic amines) is 1. The van der Waals surface area contributed by atoms with E-state index in [1.807, 2.05) is 0 Å². The first-order chi connectivity index (χ1) is 6.57. The molecule has 0 radical (unpaired) electrons. The zero-order valence-corrected chi connectivity index (χ0v) is 8.50. The highest BCUT2D eigenvalue weighted by atomic mass is 32.1. The summed E-state index contributed by atoms with van der Waals surface area (Å²) in [5, 5.41) is -0.478. The molecule has 0 saturated carbocycles. The fourth-order valence-electron chi connectivity index (χ4n) is 1.42. The van der Waals surface area contributed by atoms with Gasteiger partial charge in [0, 0.05) is 12.8 Å². The van der Waals surface area contributed by atoms with Gasteiger partial charge < -0.3 is 0 Å². The van der Waals surface area contributed by atoms with Crippen molar-refractivity contribution in [3.8, 4) is 0 Å². The van der Waals surface area contributed by atoms with Gasteiger partial charge in [0.25, 0.3) is 0 Å². The fourth-order valence-corrected chi connectivity index (χ4v) is 1.64. The smallest absolute Gasteiger partial charge is 0.230 e. The first-order valence-electron chi connectivity index (χ1n) is 4.26. The summed E-state index contributed by atoms with van der Waals surface area (Å²) in [5.74, 6) is -0.603. The van der Waals surface area contributed by atoms with Crippen molar-refractivity contribution in [2.24, 2.45) is 0 Å². The normalized spacial score (nSPS) is 18.5. The van der Waals surface area contributed by atoms with Gasteiger partial charge in [0.2, 0.25) is 16.9 Å². The standard InChI is InChI=1S/C9H11NO3S/c1-2-3-6(9(13)14)10-7(11)4-5-8(10)12/h2,6H,1,3-5H2,(H,13,14). The van der Waals surface area contributed by atoms with Crippen LogP contribution < -0.4 is 0 Å². The van der Waals surface area contributed by atoms with E-state index in [-0.39, 0.29) is 31.1 Å². The minimum Gasteiger partial charge on any atom is -0.285 e. The molecule has 76 valence electrons. The van der Waals surface area contributed by atoms with E-state index in [0.717, 1.165) is 4.90 Å². The molecule has 1 atom stereocenters. The van der Waals surface area contributed by atoms with E-state index in [0.29, 0.717) is 0 Å². The molecule has 2 amide bonds. The Morgan fingerprint density at radius 2 is 2.00 bits per heavy atom. The monoisotopic (exact) mass is 213 g/mol. The highest BCUT2D eigenvalue weighted by Gasteiger charge is 2.36. The molecule has 1 rings (SSSR count). The number of hydrogen-bond donors (Lipinski definition) is 1. The predicted octanol–water partition coefficient (Wildman–Crippen LogP) is 0.536. The third-order valence-electron chi connectivity index (χ3n) is 2.08. The van der Waals surface area contributed by atoms with E-state index in [1.165, 1.54) is 6.08 Å². The Hall–Kier alpha value is -1.10. The van der Waals surface area contributed by atoms with Gasteiger partial charge in [0.1, 0.15) is 6.04 Å². The van der Waals surface area contributed by atoms with Gasteiger partial charge in [-0.25, -0.2) is 0 Å². The van der Waals surface area contributed by atoms with Crippen molar-refractivity contribution in [2.45, 2.75) is 25.3 Å². The van der Waals surface area contributed by atoms with E-state index in [9.17, 15) is 14.4 Å². The van der Waals surface area contributed by atoms with E-state index in [4.69, 9.17) is 0 Å². The summed E-state index contributed by atoms with van der Waals surface area (Å²) in [6.07, 6.45) is 2.14. The molecule has 0 N–H and O–H groups in total. The third-order valence-corrected chi connectivity index (χ3v) is 2.37. The lowest BCUT2D eigenvalue weighted by Gasteiger charge is -2.21. The van der Waals surface area contributed by atoms with Crippen molar-refractivity contribution in [3.05, 3.63) is 12.7 Å². The molecule has 0 aromatic carbocycles. The van der Waals surface area contributed by atoms with E-state index in [2.05, 4.69) is 19.2 Å². The first kappa shape index (κ1) is 11.0. The summed E-state index contributed by atoms with van der Waals surface area (Å²) in [6, 6.07) is -0.779. The molecule has 1 aliphatic rings. The second kappa shape index (κ2) is 4.41. The third kappa shape index (κ3) is 2.04. The van der Waals surface area contributed by atoms with Gasteiger partial charge in [0.05, 0.1) is 0 Å². The largest absolute Gasteiger partial charge is 0.285 e. The Balaban J connectivity index is 2.86. The van der Waals surface area contributed by atoms with Crippen molar-refractivity contribution < 1.29 is 14.4 Å². The molecular weight excluding hydrogens is 202 g/mol. The molecule has 1 saturated heterocycles. The lowest BCUT2D eigenvalue weighted by molar-refractivity contribution is -0.143. The van der Waals surface area contributed by atoms with Crippen LogP contribution in [-0.2, 0) is 14.4 Å². The van der Waals surface area contributed by atoms with Crippen LogP contribution in [0.2, 0.25) is 0 Å². The van der Waals surface area contributed by atoms with Crippen LogP contribution in [0.15, 0.2) is 12.7 Å². The van der Waals surface area contributed by atoms with E-state index in [1.54, 1.807) is 0 Å². The summed E-state index contributed by atoms with van der Waals surface area (Å²) in [5.41, 5.74) is 0. The van der Waals surface area contributed by atoms with Crippen molar-refractivity contribution in [2.75, 3.05) is 0 Å². The molecule has 14 heavy (non-hydrogen) atoms. The number of amides is 2. The molecule has 0 aliphatic carbocycles. The second-order valence-electron chi connectivity index (χ2n) is 3.04. The number of carbonyl (C=O) groups is 3. The number of thiol groups is 1. The second-order valence-corrected chi connectivity index (χ2v) is 3.48. The predicted molar refractivity (Wildman–Crippen MR) is 53.7 cm³/mol. The fraction of sp³-hybridized carbons (Fsp3) is 0.444. The van der Waals surface area contributed by atoms with Crippen LogP contribution in [0.3, 0.4) is 0 Å². The topological polar surface area (TPSA) is 54.5 Å². The molecule has 0 aromatic rings. The lowest BCUT2D eigenvalue weighted by Crippen LogP contribution is -2.42. The summed E-state index contributed by atoms with van der Waals surface area (Å²) in [7, 11) is 0. The van der Waals surface area contributed by atoms with Crippen LogP contribution in [0.5, 0.6) is 0 Å². The maximum absolute atomic E-state index is 11.3. The highest BCUT2D eigenvalue weighted by molar-refractivity contribution is 7.96. The molecule has 1 heterocycles. The van der Waals surface area contributed by atoms with E-state index < -0.39 is 11.2 Å². The minimum atomic E-state index is -0.779. The summed E-state index contributed by atoms with van der Waals surface area (Å²) in [4.78, 5) is 34.7. The van der Waals surface area contributed by atoms with Crippen LogP contribution >= 0.6 is 12.6 Å². The Kier molecular flexibility index (Phi) is 3.46. The van der Waals surface area contributed by atoms with E-state index >= 15 is 0 Å². The van der Waals surface area contributed by atoms with Crippen LogP contribution in [0.4, 0.5) is 0 Å². The zero-order valence-electron chi connectivity index (χ0n) is 7.60. The maximum Gasteiger partial charge on any atom is 0.230 e. The van der Waals surface area contributed by atoms with Crippen molar-refractivity contribution in [3.63, 3.8) is 0 Å². The molecule has 1 unspecified atom stereocenters. The first-order valence-corrected chi connectivity index (χ1v) is 4.71. The van der Waals surface area contributed by atoms with Gasteiger partial charge in [-0.05, 0) is 6.42 Å². The summed E-state index contributed by atoms with van der Waals surface area (Å²) in [6.45, 7) is 3.47. The molecular formula is C9H11NO3S. The Morgan fingerprint density at radius 1 is 1.50 bits per heavy atom. The SMILES string of the molecule is C=CCC(C(=O)S)N1C(=O)CCC1=O. The van der Waals surface area contributed by atoms with Gasteiger partial charge in [-0.15, -0.1) is 19.2 Å². The van der Waals surface area contributed by atoms with Crippen LogP contribution in [0, 0.1) is 0 Å². The average Bonchev–Trinajstić information content (AvgIpc) is 2.43. The van der Waals surface area contributed by atoms with Gasteiger partial charge >= 0.3 is 0 Å². The molecule has 0 bridgehead atoms. The molecule has 0 aromatic heterocycles. The molecule has 0 spiro atoms. The summed E-state index contributed by atoms with van der Waals surface area (Å²) >= 11 is 3.65. The number of hydrogen-bond acceptors (Lipinski definition) is 3. The van der Waals surface area contributed by atoms with Gasteiger partial charge in [-0.2, -0.15) is 0 Å². The zero-order chi connectivity index (χ0) is 10.7. The number of rotatable bonds is 4. The Morgan fingerprint density at radius 3 is 2.36 bits per heavy atom. The summed E-state index contributed by atoms with van der Waals surface area (Å²) < 4.78 is 0. The Labute approximate surface area is 87.4 Å². The van der Waals surface area contributed by atoms with Gasteiger partial charge in [0.15, 0.2) is 0 Å². The van der Waals surface area contributed by atoms with Crippen molar-refractivity contribution >= 4 is 29.6 Å². The number of imide groups is 1. The minimum absolute atomic E-state index is 0.188. The molecule has 1 aliphatic heterocycles. The molecule has 1 fully saturated rings. The number of carbonyl (C=O) groups excluding carboxylic acids is 3. The Bertz CT molecular complexity index is 284. The van der Waals surface area contributed by atoms with Gasteiger partial charge in [-0.3, -0.25) is 19.3 Å². The number of nitrogens with zero attached hydrogens (tertiary/aromatic N) is 1. The van der Waals surface area contributed by atoms with Crippen molar-refractivity contribution in [1.82, 2.24) is 4.90 Å². The average molecular weight is 213 g/mol. The molecule has 5 heteroatoms. The lowest BCUT2D eigenvalue weighted by atomic mass is 10.2. The van der Waals surface area contributed by atoms with Gasteiger partial charge in [-0.1, -0.05) is 6.08 Å². The highest BCUT2D eigenvalue weighted by Crippen LogP contribution is 2.19.